The quantitative estimate of drug-likeness (QED) is 0.225. The van der Waals surface area contributed by atoms with Crippen LogP contribution in [-0.4, -0.2) is 23.8 Å². The maximum Gasteiger partial charge on any atom is 0.141 e. The molecule has 4 aromatic carbocycles. The molecular formula is C35H30N2O2. The van der Waals surface area contributed by atoms with Crippen LogP contribution in [0.2, 0.25) is 0 Å². The highest BCUT2D eigenvalue weighted by Crippen LogP contribution is 2.43. The molecule has 0 aliphatic heterocycles. The summed E-state index contributed by atoms with van der Waals surface area (Å²) in [5, 5.41) is 1.11. The van der Waals surface area contributed by atoms with Crippen LogP contribution in [0.4, 0.5) is 0 Å². The van der Waals surface area contributed by atoms with Crippen molar-refractivity contribution in [1.82, 2.24) is 9.55 Å². The van der Waals surface area contributed by atoms with E-state index in [1.807, 2.05) is 24.3 Å². The van der Waals surface area contributed by atoms with Gasteiger partial charge >= 0.3 is 0 Å². The first-order valence-corrected chi connectivity index (χ1v) is 13.0. The molecule has 0 saturated heterocycles. The van der Waals surface area contributed by atoms with Crippen LogP contribution in [0.3, 0.4) is 0 Å². The van der Waals surface area contributed by atoms with Crippen molar-refractivity contribution in [3.63, 3.8) is 0 Å². The molecule has 4 heteroatoms. The molecule has 0 bridgehead atoms. The van der Waals surface area contributed by atoms with Crippen molar-refractivity contribution in [2.45, 2.75) is 6.92 Å². The van der Waals surface area contributed by atoms with Gasteiger partial charge in [-0.2, -0.15) is 0 Å². The van der Waals surface area contributed by atoms with E-state index >= 15 is 0 Å². The van der Waals surface area contributed by atoms with Crippen LogP contribution in [0.1, 0.15) is 5.56 Å². The second-order valence-electron chi connectivity index (χ2n) is 9.73. The van der Waals surface area contributed by atoms with E-state index in [4.69, 9.17) is 14.5 Å². The summed E-state index contributed by atoms with van der Waals surface area (Å²) in [7, 11) is 5.49. The Balaban J connectivity index is 1.69. The largest absolute Gasteiger partial charge is 0.497 e. The standard InChI is InChI=1S/C35H30N2O2/c1-23-10-12-26(13-11-23)33-30(24-14-18-28(38-3)19-15-24)22-31-32(25-8-6-5-7-9-25)34(37(2)35(31)36-33)27-16-20-29(39-4)21-17-27/h5-22H,1-4H3. The minimum atomic E-state index is 0.830. The Kier molecular flexibility index (Phi) is 6.37. The molecule has 2 heterocycles. The Labute approximate surface area is 229 Å². The minimum Gasteiger partial charge on any atom is -0.497 e. The molecule has 0 atom stereocenters. The van der Waals surface area contributed by atoms with Gasteiger partial charge in [0.1, 0.15) is 17.1 Å². The lowest BCUT2D eigenvalue weighted by atomic mass is 9.94. The van der Waals surface area contributed by atoms with E-state index in [0.717, 1.165) is 67.3 Å². The molecule has 39 heavy (non-hydrogen) atoms. The number of ether oxygens (including phenoxy) is 2. The van der Waals surface area contributed by atoms with E-state index in [-0.39, 0.29) is 0 Å². The summed E-state index contributed by atoms with van der Waals surface area (Å²) in [6.45, 7) is 2.11. The van der Waals surface area contributed by atoms with Crippen molar-refractivity contribution in [2.75, 3.05) is 14.2 Å². The van der Waals surface area contributed by atoms with E-state index in [1.54, 1.807) is 14.2 Å². The van der Waals surface area contributed by atoms with Crippen LogP contribution < -0.4 is 9.47 Å². The molecule has 6 aromatic rings. The zero-order chi connectivity index (χ0) is 26.9. The Morgan fingerprint density at radius 1 is 0.615 bits per heavy atom. The number of fused-ring (bicyclic) bond motifs is 1. The fourth-order valence-electron chi connectivity index (χ4n) is 5.25. The second kappa shape index (κ2) is 10.1. The molecule has 192 valence electrons. The van der Waals surface area contributed by atoms with Crippen LogP contribution >= 0.6 is 0 Å². The lowest BCUT2D eigenvalue weighted by Gasteiger charge is -2.12. The monoisotopic (exact) mass is 510 g/mol. The number of pyridine rings is 1. The molecule has 2 aromatic heterocycles. The smallest absolute Gasteiger partial charge is 0.141 e. The number of rotatable bonds is 6. The Hall–Kier alpha value is -4.83. The third-order valence-electron chi connectivity index (χ3n) is 7.31. The fourth-order valence-corrected chi connectivity index (χ4v) is 5.25. The first-order chi connectivity index (χ1) is 19.1. The molecule has 0 amide bonds. The molecule has 0 fully saturated rings. The summed E-state index contributed by atoms with van der Waals surface area (Å²) < 4.78 is 13.1. The van der Waals surface area contributed by atoms with Crippen LogP contribution in [0.5, 0.6) is 11.5 Å². The van der Waals surface area contributed by atoms with Gasteiger partial charge in [0.25, 0.3) is 0 Å². The van der Waals surface area contributed by atoms with Crippen molar-refractivity contribution in [3.8, 4) is 56.3 Å². The number of hydrogen-bond acceptors (Lipinski definition) is 3. The molecule has 0 radical (unpaired) electrons. The number of nitrogens with zero attached hydrogens (tertiary/aromatic N) is 2. The molecule has 4 nitrogen and oxygen atoms in total. The summed E-state index contributed by atoms with van der Waals surface area (Å²) >= 11 is 0. The number of methoxy groups -OCH3 is 2. The number of aromatic nitrogens is 2. The van der Waals surface area contributed by atoms with Crippen molar-refractivity contribution in [2.24, 2.45) is 7.05 Å². The summed E-state index contributed by atoms with van der Waals surface area (Å²) in [5.41, 5.74) is 10.9. The SMILES string of the molecule is COc1ccc(-c2cc3c(-c4ccccc4)c(-c4ccc(OC)cc4)n(C)c3nc2-c2ccc(C)cc2)cc1. The van der Waals surface area contributed by atoms with Gasteiger partial charge in [0, 0.05) is 29.1 Å². The first-order valence-electron chi connectivity index (χ1n) is 13.0. The highest BCUT2D eigenvalue weighted by atomic mass is 16.5. The normalized spacial score (nSPS) is 11.1. The van der Waals surface area contributed by atoms with Crippen molar-refractivity contribution in [1.29, 1.82) is 0 Å². The van der Waals surface area contributed by atoms with Crippen LogP contribution in [-0.2, 0) is 7.05 Å². The van der Waals surface area contributed by atoms with E-state index in [2.05, 4.69) is 103 Å². The number of benzene rings is 4. The molecule has 0 aliphatic rings. The summed E-state index contributed by atoms with van der Waals surface area (Å²) in [6, 6.07) is 37.9. The van der Waals surface area contributed by atoms with Gasteiger partial charge in [0.05, 0.1) is 25.6 Å². The zero-order valence-corrected chi connectivity index (χ0v) is 22.6. The third-order valence-corrected chi connectivity index (χ3v) is 7.31. The van der Waals surface area contributed by atoms with Gasteiger partial charge in [-0.1, -0.05) is 72.3 Å². The molecule has 0 saturated carbocycles. The maximum atomic E-state index is 5.44. The number of hydrogen-bond donors (Lipinski definition) is 0. The summed E-state index contributed by atoms with van der Waals surface area (Å²) in [4.78, 5) is 5.37. The van der Waals surface area contributed by atoms with Crippen LogP contribution in [0.25, 0.3) is 55.8 Å². The molecule has 0 spiro atoms. The van der Waals surface area contributed by atoms with Gasteiger partial charge in [0.15, 0.2) is 0 Å². The van der Waals surface area contributed by atoms with Gasteiger partial charge in [-0.15, -0.1) is 0 Å². The highest BCUT2D eigenvalue weighted by molar-refractivity contribution is 6.06. The highest BCUT2D eigenvalue weighted by Gasteiger charge is 2.22. The Morgan fingerprint density at radius 3 is 1.77 bits per heavy atom. The topological polar surface area (TPSA) is 36.3 Å². The van der Waals surface area contributed by atoms with E-state index < -0.39 is 0 Å². The van der Waals surface area contributed by atoms with E-state index in [9.17, 15) is 0 Å². The average Bonchev–Trinajstić information content (AvgIpc) is 3.28. The number of aryl methyl sites for hydroxylation is 2. The lowest BCUT2D eigenvalue weighted by molar-refractivity contribution is 0.415. The lowest BCUT2D eigenvalue weighted by Crippen LogP contribution is -1.96. The Bertz CT molecular complexity index is 1750. The van der Waals surface area contributed by atoms with Crippen molar-refractivity contribution < 1.29 is 9.47 Å². The minimum absolute atomic E-state index is 0.830. The second-order valence-corrected chi connectivity index (χ2v) is 9.73. The Morgan fingerprint density at radius 2 is 1.18 bits per heavy atom. The summed E-state index contributed by atoms with van der Waals surface area (Å²) in [6.07, 6.45) is 0. The zero-order valence-electron chi connectivity index (χ0n) is 22.6. The molecule has 0 unspecified atom stereocenters. The van der Waals surface area contributed by atoms with Crippen LogP contribution in [0, 0.1) is 6.92 Å². The van der Waals surface area contributed by atoms with E-state index in [1.165, 1.54) is 5.56 Å². The van der Waals surface area contributed by atoms with E-state index in [0.29, 0.717) is 0 Å². The molecular weight excluding hydrogens is 480 g/mol. The van der Waals surface area contributed by atoms with Gasteiger partial charge in [0.2, 0.25) is 0 Å². The van der Waals surface area contributed by atoms with Gasteiger partial charge in [-0.05, 0) is 66.1 Å². The van der Waals surface area contributed by atoms with Crippen molar-refractivity contribution in [3.05, 3.63) is 115 Å². The predicted molar refractivity (Wildman–Crippen MR) is 160 cm³/mol. The first kappa shape index (κ1) is 24.5. The molecule has 0 aliphatic carbocycles. The predicted octanol–water partition coefficient (Wildman–Crippen LogP) is 8.57. The third kappa shape index (κ3) is 4.44. The van der Waals surface area contributed by atoms with Crippen LogP contribution in [0.15, 0.2) is 109 Å². The van der Waals surface area contributed by atoms with Gasteiger partial charge < -0.3 is 14.0 Å². The maximum absolute atomic E-state index is 5.44. The average molecular weight is 511 g/mol. The summed E-state index contributed by atoms with van der Waals surface area (Å²) in [5.74, 6) is 1.66. The van der Waals surface area contributed by atoms with Gasteiger partial charge in [-0.3, -0.25) is 0 Å². The van der Waals surface area contributed by atoms with Crippen molar-refractivity contribution >= 4 is 11.0 Å². The molecule has 0 N–H and O–H groups in total. The fraction of sp³-hybridized carbons (Fsp3) is 0.114. The van der Waals surface area contributed by atoms with Gasteiger partial charge in [-0.25, -0.2) is 4.98 Å². The molecule has 6 rings (SSSR count).